The van der Waals surface area contributed by atoms with E-state index in [-0.39, 0.29) is 11.7 Å². The Morgan fingerprint density at radius 3 is 3.00 bits per heavy atom. The van der Waals surface area contributed by atoms with Gasteiger partial charge >= 0.3 is 0 Å². The molecule has 0 bridgehead atoms. The number of aromatic nitrogens is 1. The highest BCUT2D eigenvalue weighted by Gasteiger charge is 2.33. The number of rotatable bonds is 2. The largest absolute Gasteiger partial charge is 0.301 e. The summed E-state index contributed by atoms with van der Waals surface area (Å²) in [5.74, 6) is 0.391. The molecule has 0 saturated heterocycles. The molecular formula is C12H10N2OS. The van der Waals surface area contributed by atoms with Gasteiger partial charge in [0.1, 0.15) is 10.9 Å². The van der Waals surface area contributed by atoms with Crippen LogP contribution in [0.4, 0.5) is 0 Å². The van der Waals surface area contributed by atoms with Crippen molar-refractivity contribution in [2.24, 2.45) is 5.92 Å². The lowest BCUT2D eigenvalue weighted by Crippen LogP contribution is -2.05. The first kappa shape index (κ1) is 9.61. The van der Waals surface area contributed by atoms with Crippen molar-refractivity contribution in [1.29, 1.82) is 5.26 Å². The van der Waals surface area contributed by atoms with Crippen LogP contribution in [0.3, 0.4) is 0 Å². The highest BCUT2D eigenvalue weighted by Crippen LogP contribution is 2.35. The second kappa shape index (κ2) is 3.19. The van der Waals surface area contributed by atoms with E-state index in [9.17, 15) is 4.79 Å². The topological polar surface area (TPSA) is 45.3 Å². The molecule has 2 aromatic heterocycles. The van der Waals surface area contributed by atoms with Crippen molar-refractivity contribution in [3.05, 3.63) is 28.4 Å². The molecule has 0 aliphatic heterocycles. The Hall–Kier alpha value is -1.60. The molecule has 4 heteroatoms. The summed E-state index contributed by atoms with van der Waals surface area (Å²) in [6.45, 7) is 1.97. The van der Waals surface area contributed by atoms with Gasteiger partial charge in [-0.1, -0.05) is 0 Å². The number of hydrogen-bond acceptors (Lipinski definition) is 3. The molecule has 0 N–H and O–H groups in total. The monoisotopic (exact) mass is 230 g/mol. The van der Waals surface area contributed by atoms with Crippen molar-refractivity contribution < 1.29 is 4.79 Å². The number of Topliss-reactive ketones (excluding diaryl/α,β-unsaturated/α-hetero) is 1. The van der Waals surface area contributed by atoms with Crippen LogP contribution < -0.4 is 0 Å². The van der Waals surface area contributed by atoms with Crippen molar-refractivity contribution >= 4 is 22.0 Å². The number of hydrogen-bond donors (Lipinski definition) is 0. The van der Waals surface area contributed by atoms with E-state index >= 15 is 0 Å². The molecule has 1 aliphatic rings. The number of fused-ring (bicyclic) bond motifs is 1. The van der Waals surface area contributed by atoms with Crippen LogP contribution in [0.25, 0.3) is 4.83 Å². The van der Waals surface area contributed by atoms with Crippen molar-refractivity contribution in [2.75, 3.05) is 0 Å². The lowest BCUT2D eigenvalue weighted by atomic mass is 10.2. The molecule has 1 saturated carbocycles. The predicted octanol–water partition coefficient (Wildman–Crippen LogP) is 2.77. The lowest BCUT2D eigenvalue weighted by molar-refractivity contribution is 0.0962. The van der Waals surface area contributed by atoms with Crippen LogP contribution in [0.5, 0.6) is 0 Å². The third-order valence-corrected chi connectivity index (χ3v) is 4.06. The third kappa shape index (κ3) is 1.22. The summed E-state index contributed by atoms with van der Waals surface area (Å²) in [6, 6.07) is 3.89. The van der Waals surface area contributed by atoms with E-state index in [1.165, 1.54) is 11.3 Å². The van der Waals surface area contributed by atoms with E-state index in [0.29, 0.717) is 11.3 Å². The van der Waals surface area contributed by atoms with Crippen LogP contribution in [0, 0.1) is 24.2 Å². The molecule has 3 rings (SSSR count). The van der Waals surface area contributed by atoms with E-state index in [0.717, 1.165) is 23.4 Å². The van der Waals surface area contributed by atoms with Gasteiger partial charge in [0, 0.05) is 17.0 Å². The van der Waals surface area contributed by atoms with E-state index in [1.54, 1.807) is 6.07 Å². The minimum Gasteiger partial charge on any atom is -0.301 e. The minimum atomic E-state index is 0.193. The molecule has 0 unspecified atom stereocenters. The van der Waals surface area contributed by atoms with Gasteiger partial charge in [-0.15, -0.1) is 11.3 Å². The Kier molecular flexibility index (Phi) is 1.92. The summed E-state index contributed by atoms with van der Waals surface area (Å²) in [5.41, 5.74) is 2.33. The maximum absolute atomic E-state index is 12.1. The molecule has 16 heavy (non-hydrogen) atoms. The van der Waals surface area contributed by atoms with Crippen molar-refractivity contribution in [2.45, 2.75) is 19.8 Å². The zero-order valence-electron chi connectivity index (χ0n) is 8.86. The third-order valence-electron chi connectivity index (χ3n) is 2.97. The first-order valence-corrected chi connectivity index (χ1v) is 6.14. The molecule has 0 aromatic carbocycles. The number of aryl methyl sites for hydroxylation is 1. The smallest absolute Gasteiger partial charge is 0.182 e. The molecule has 0 atom stereocenters. The molecule has 0 spiro atoms. The fourth-order valence-electron chi connectivity index (χ4n) is 1.97. The fourth-order valence-corrected chi connectivity index (χ4v) is 2.94. The number of nitrogens with zero attached hydrogens (tertiary/aromatic N) is 2. The molecule has 80 valence electrons. The first-order valence-electron chi connectivity index (χ1n) is 5.26. The number of nitriles is 1. The van der Waals surface area contributed by atoms with Gasteiger partial charge in [0.05, 0.1) is 11.3 Å². The zero-order valence-corrected chi connectivity index (χ0v) is 9.67. The molecule has 1 fully saturated rings. The Morgan fingerprint density at radius 2 is 2.38 bits per heavy atom. The van der Waals surface area contributed by atoms with Crippen molar-refractivity contribution in [1.82, 2.24) is 4.40 Å². The van der Waals surface area contributed by atoms with E-state index in [4.69, 9.17) is 5.26 Å². The van der Waals surface area contributed by atoms with Gasteiger partial charge in [0.2, 0.25) is 0 Å². The number of carbonyl (C=O) groups excluding carboxylic acids is 1. The lowest BCUT2D eigenvalue weighted by Gasteiger charge is -1.98. The predicted molar refractivity (Wildman–Crippen MR) is 61.8 cm³/mol. The number of thiazole rings is 1. The number of carbonyl (C=O) groups is 1. The Bertz CT molecular complexity index is 625. The molecular weight excluding hydrogens is 220 g/mol. The average molecular weight is 230 g/mol. The van der Waals surface area contributed by atoms with E-state index in [2.05, 4.69) is 6.07 Å². The first-order chi connectivity index (χ1) is 7.72. The van der Waals surface area contributed by atoms with Crippen LogP contribution in [-0.4, -0.2) is 10.2 Å². The highest BCUT2D eigenvalue weighted by molar-refractivity contribution is 7.16. The molecule has 2 heterocycles. The second-order valence-corrected chi connectivity index (χ2v) is 5.07. The summed E-state index contributed by atoms with van der Waals surface area (Å²) >= 11 is 1.52. The van der Waals surface area contributed by atoms with Gasteiger partial charge in [-0.2, -0.15) is 5.26 Å². The summed E-state index contributed by atoms with van der Waals surface area (Å²) in [5, 5.41) is 11.0. The molecule has 2 aromatic rings. The summed E-state index contributed by atoms with van der Waals surface area (Å²) < 4.78 is 1.92. The van der Waals surface area contributed by atoms with E-state index in [1.807, 2.05) is 16.7 Å². The SMILES string of the molecule is Cc1csc2c(C#N)cc(C(=O)C3CC3)n12. The van der Waals surface area contributed by atoms with Crippen LogP contribution >= 0.6 is 11.3 Å². The Balaban J connectivity index is 2.27. The summed E-state index contributed by atoms with van der Waals surface area (Å²) in [4.78, 5) is 13.0. The zero-order chi connectivity index (χ0) is 11.3. The van der Waals surface area contributed by atoms with Crippen molar-refractivity contribution in [3.8, 4) is 6.07 Å². The average Bonchev–Trinajstić information content (AvgIpc) is 2.97. The van der Waals surface area contributed by atoms with E-state index < -0.39 is 0 Å². The molecule has 0 radical (unpaired) electrons. The van der Waals surface area contributed by atoms with Crippen LogP contribution in [0.1, 0.15) is 34.6 Å². The number of ketones is 1. The van der Waals surface area contributed by atoms with Gasteiger partial charge in [-0.05, 0) is 25.8 Å². The summed E-state index contributed by atoms with van der Waals surface area (Å²) in [7, 11) is 0. The van der Waals surface area contributed by atoms with Gasteiger partial charge in [0.15, 0.2) is 5.78 Å². The van der Waals surface area contributed by atoms with Crippen LogP contribution in [-0.2, 0) is 0 Å². The maximum atomic E-state index is 12.1. The van der Waals surface area contributed by atoms with Gasteiger partial charge in [-0.25, -0.2) is 0 Å². The standard InChI is InChI=1S/C12H10N2OS/c1-7-6-16-12-9(5-13)4-10(14(7)12)11(15)8-2-3-8/h4,6,8H,2-3H2,1H3. The second-order valence-electron chi connectivity index (χ2n) is 4.21. The minimum absolute atomic E-state index is 0.193. The molecule has 1 aliphatic carbocycles. The van der Waals surface area contributed by atoms with Gasteiger partial charge < -0.3 is 4.40 Å². The summed E-state index contributed by atoms with van der Waals surface area (Å²) in [6.07, 6.45) is 1.99. The maximum Gasteiger partial charge on any atom is 0.182 e. The fraction of sp³-hybridized carbons (Fsp3) is 0.333. The highest BCUT2D eigenvalue weighted by atomic mass is 32.1. The molecule has 3 nitrogen and oxygen atoms in total. The Labute approximate surface area is 96.9 Å². The van der Waals surface area contributed by atoms with Crippen LogP contribution in [0.15, 0.2) is 11.4 Å². The Morgan fingerprint density at radius 1 is 1.62 bits per heavy atom. The van der Waals surface area contributed by atoms with Crippen molar-refractivity contribution in [3.63, 3.8) is 0 Å². The quantitative estimate of drug-likeness (QED) is 0.745. The molecule has 0 amide bonds. The normalized spacial score (nSPS) is 15.2. The van der Waals surface area contributed by atoms with Crippen LogP contribution in [0.2, 0.25) is 0 Å². The van der Waals surface area contributed by atoms with Gasteiger partial charge in [0.25, 0.3) is 0 Å². The van der Waals surface area contributed by atoms with Gasteiger partial charge in [-0.3, -0.25) is 4.79 Å².